The first kappa shape index (κ1) is 16.7. The highest BCUT2D eigenvalue weighted by Crippen LogP contribution is 2.20. The first-order chi connectivity index (χ1) is 10.8. The summed E-state index contributed by atoms with van der Waals surface area (Å²) in [5.41, 5.74) is 8.17. The second-order valence-corrected chi connectivity index (χ2v) is 5.70. The van der Waals surface area contributed by atoms with Gasteiger partial charge >= 0.3 is 0 Å². The zero-order valence-electron chi connectivity index (χ0n) is 13.7. The lowest BCUT2D eigenvalue weighted by atomic mass is 10.0. The van der Waals surface area contributed by atoms with Gasteiger partial charge < -0.3 is 10.5 Å². The van der Waals surface area contributed by atoms with Gasteiger partial charge in [0.05, 0.1) is 12.3 Å². The molecule has 0 unspecified atom stereocenters. The first-order valence-electron chi connectivity index (χ1n) is 8.23. The van der Waals surface area contributed by atoms with Gasteiger partial charge in [0.25, 0.3) is 5.78 Å². The van der Waals surface area contributed by atoms with Crippen molar-refractivity contribution in [3.05, 3.63) is 17.6 Å². The van der Waals surface area contributed by atoms with Crippen LogP contribution in [-0.2, 0) is 17.8 Å². The number of anilines is 1. The van der Waals surface area contributed by atoms with Crippen LogP contribution in [0.3, 0.4) is 0 Å². The highest BCUT2D eigenvalue weighted by Gasteiger charge is 2.14. The third kappa shape index (κ3) is 4.16. The van der Waals surface area contributed by atoms with E-state index in [1.54, 1.807) is 11.6 Å². The summed E-state index contributed by atoms with van der Waals surface area (Å²) in [6.07, 6.45) is 11.3. The second-order valence-electron chi connectivity index (χ2n) is 5.70. The fourth-order valence-electron chi connectivity index (χ4n) is 2.73. The van der Waals surface area contributed by atoms with E-state index in [2.05, 4.69) is 22.0 Å². The van der Waals surface area contributed by atoms with Crippen molar-refractivity contribution in [2.75, 3.05) is 12.8 Å². The summed E-state index contributed by atoms with van der Waals surface area (Å²) in [5, 5.41) is 4.14. The van der Waals surface area contributed by atoms with E-state index in [0.29, 0.717) is 18.2 Å². The molecule has 2 aromatic rings. The Morgan fingerprint density at radius 1 is 1.14 bits per heavy atom. The van der Waals surface area contributed by atoms with Gasteiger partial charge in [-0.25, -0.2) is 4.98 Å². The first-order valence-corrected chi connectivity index (χ1v) is 8.23. The van der Waals surface area contributed by atoms with Crippen LogP contribution in [0, 0.1) is 0 Å². The quantitative estimate of drug-likeness (QED) is 0.682. The number of ether oxygens (including phenoxy) is 1. The molecule has 0 saturated heterocycles. The topological polar surface area (TPSA) is 78.3 Å². The van der Waals surface area contributed by atoms with Crippen molar-refractivity contribution in [3.8, 4) is 0 Å². The molecule has 0 spiro atoms. The summed E-state index contributed by atoms with van der Waals surface area (Å²) in [7, 11) is 1.67. The molecule has 122 valence electrons. The Labute approximate surface area is 132 Å². The molecule has 0 radical (unpaired) electrons. The molecule has 0 aromatic carbocycles. The van der Waals surface area contributed by atoms with Crippen molar-refractivity contribution in [3.63, 3.8) is 0 Å². The third-order valence-corrected chi connectivity index (χ3v) is 3.96. The number of hydrogen-bond donors (Lipinski definition) is 1. The molecule has 6 nitrogen and oxygen atoms in total. The van der Waals surface area contributed by atoms with Crippen molar-refractivity contribution < 1.29 is 4.74 Å². The molecular formula is C16H27N5O. The maximum Gasteiger partial charge on any atom is 0.254 e. The molecule has 0 bridgehead atoms. The van der Waals surface area contributed by atoms with Gasteiger partial charge in [0.1, 0.15) is 12.1 Å². The third-order valence-electron chi connectivity index (χ3n) is 3.96. The van der Waals surface area contributed by atoms with Crippen LogP contribution in [0.4, 0.5) is 5.82 Å². The zero-order valence-corrected chi connectivity index (χ0v) is 13.7. The van der Waals surface area contributed by atoms with E-state index in [-0.39, 0.29) is 0 Å². The number of nitrogens with zero attached hydrogens (tertiary/aromatic N) is 4. The number of methoxy groups -OCH3 is 1. The van der Waals surface area contributed by atoms with E-state index in [0.717, 1.165) is 24.1 Å². The SMILES string of the molecule is CCCCCCCCCc1c(COC)nc2ncnn2c1N. The molecular weight excluding hydrogens is 278 g/mol. The Kier molecular flexibility index (Phi) is 6.58. The number of rotatable bonds is 10. The highest BCUT2D eigenvalue weighted by molar-refractivity contribution is 5.49. The summed E-state index contributed by atoms with van der Waals surface area (Å²) >= 11 is 0. The van der Waals surface area contributed by atoms with Gasteiger partial charge in [-0.1, -0.05) is 45.4 Å². The van der Waals surface area contributed by atoms with Crippen LogP contribution in [0.15, 0.2) is 6.33 Å². The van der Waals surface area contributed by atoms with Crippen molar-refractivity contribution in [1.82, 2.24) is 19.6 Å². The van der Waals surface area contributed by atoms with Crippen molar-refractivity contribution in [2.45, 2.75) is 64.9 Å². The standard InChI is InChI=1S/C16H27N5O/c1-3-4-5-6-7-8-9-10-13-14(11-22-2)20-16-18-12-19-21(16)15(13)17/h12H,3-11,17H2,1-2H3. The van der Waals surface area contributed by atoms with Crippen LogP contribution in [0.1, 0.15) is 63.1 Å². The smallest absolute Gasteiger partial charge is 0.254 e. The van der Waals surface area contributed by atoms with Crippen LogP contribution in [0.25, 0.3) is 5.78 Å². The molecule has 0 aliphatic heterocycles. The Hall–Kier alpha value is -1.69. The predicted molar refractivity (Wildman–Crippen MR) is 87.6 cm³/mol. The molecule has 22 heavy (non-hydrogen) atoms. The van der Waals surface area contributed by atoms with Gasteiger partial charge in [0, 0.05) is 12.7 Å². The Morgan fingerprint density at radius 3 is 2.59 bits per heavy atom. The molecule has 0 aliphatic carbocycles. The Balaban J connectivity index is 1.96. The fraction of sp³-hybridized carbons (Fsp3) is 0.688. The van der Waals surface area contributed by atoms with Gasteiger partial charge in [-0.15, -0.1) is 0 Å². The second kappa shape index (κ2) is 8.68. The minimum absolute atomic E-state index is 0.458. The number of nitrogens with two attached hydrogens (primary N) is 1. The molecule has 6 heteroatoms. The van der Waals surface area contributed by atoms with Crippen LogP contribution in [0.2, 0.25) is 0 Å². The van der Waals surface area contributed by atoms with Gasteiger partial charge in [0.2, 0.25) is 0 Å². The molecule has 0 aliphatic rings. The number of aromatic nitrogens is 4. The lowest BCUT2D eigenvalue weighted by Crippen LogP contribution is -2.11. The van der Waals surface area contributed by atoms with Crippen molar-refractivity contribution >= 4 is 11.6 Å². The zero-order chi connectivity index (χ0) is 15.8. The van der Waals surface area contributed by atoms with Crippen LogP contribution < -0.4 is 5.73 Å². The number of hydrogen-bond acceptors (Lipinski definition) is 5. The van der Waals surface area contributed by atoms with Crippen molar-refractivity contribution in [2.24, 2.45) is 0 Å². The summed E-state index contributed by atoms with van der Waals surface area (Å²) in [4.78, 5) is 8.62. The van der Waals surface area contributed by atoms with E-state index >= 15 is 0 Å². The van der Waals surface area contributed by atoms with Crippen LogP contribution in [0.5, 0.6) is 0 Å². The van der Waals surface area contributed by atoms with E-state index in [1.807, 2.05) is 0 Å². The minimum atomic E-state index is 0.458. The number of nitrogen functional groups attached to an aromatic ring is 1. The molecule has 0 amide bonds. The fourth-order valence-corrected chi connectivity index (χ4v) is 2.73. The monoisotopic (exact) mass is 305 g/mol. The van der Waals surface area contributed by atoms with E-state index in [1.165, 1.54) is 44.9 Å². The van der Waals surface area contributed by atoms with Crippen molar-refractivity contribution in [1.29, 1.82) is 0 Å². The average Bonchev–Trinajstić information content (AvgIpc) is 2.98. The van der Waals surface area contributed by atoms with Gasteiger partial charge in [0.15, 0.2) is 0 Å². The largest absolute Gasteiger partial charge is 0.383 e. The average molecular weight is 305 g/mol. The molecule has 2 heterocycles. The number of unbranched alkanes of at least 4 members (excludes halogenated alkanes) is 6. The molecule has 2 aromatic heterocycles. The van der Waals surface area contributed by atoms with E-state index in [4.69, 9.17) is 10.5 Å². The van der Waals surface area contributed by atoms with Gasteiger partial charge in [-0.2, -0.15) is 14.6 Å². The normalized spacial score (nSPS) is 11.4. The molecule has 0 fully saturated rings. The predicted octanol–water partition coefficient (Wildman–Crippen LogP) is 3.15. The van der Waals surface area contributed by atoms with Crippen LogP contribution >= 0.6 is 0 Å². The number of fused-ring (bicyclic) bond motifs is 1. The summed E-state index contributed by atoms with van der Waals surface area (Å²) in [6.45, 7) is 2.70. The molecule has 0 saturated carbocycles. The Morgan fingerprint density at radius 2 is 1.86 bits per heavy atom. The lowest BCUT2D eigenvalue weighted by Gasteiger charge is -2.12. The lowest BCUT2D eigenvalue weighted by molar-refractivity contribution is 0.180. The highest BCUT2D eigenvalue weighted by atomic mass is 16.5. The van der Waals surface area contributed by atoms with E-state index in [9.17, 15) is 0 Å². The molecule has 2 rings (SSSR count). The van der Waals surface area contributed by atoms with E-state index < -0.39 is 0 Å². The van der Waals surface area contributed by atoms with Gasteiger partial charge in [-0.3, -0.25) is 0 Å². The summed E-state index contributed by atoms with van der Waals surface area (Å²) in [6, 6.07) is 0. The Bertz CT molecular complexity index is 581. The molecule has 0 atom stereocenters. The molecule has 2 N–H and O–H groups in total. The van der Waals surface area contributed by atoms with Crippen LogP contribution in [-0.4, -0.2) is 26.7 Å². The minimum Gasteiger partial charge on any atom is -0.383 e. The van der Waals surface area contributed by atoms with Gasteiger partial charge in [-0.05, 0) is 12.8 Å². The summed E-state index contributed by atoms with van der Waals surface area (Å²) in [5.74, 6) is 1.17. The maximum absolute atomic E-state index is 6.24. The maximum atomic E-state index is 6.24. The summed E-state index contributed by atoms with van der Waals surface area (Å²) < 4.78 is 6.85.